The van der Waals surface area contributed by atoms with Crippen molar-refractivity contribution in [2.75, 3.05) is 25.9 Å². The molecular formula is C16H32N2O2S. The monoisotopic (exact) mass is 316 g/mol. The molecule has 2 unspecified atom stereocenters. The van der Waals surface area contributed by atoms with Crippen LogP contribution in [-0.4, -0.2) is 44.7 Å². The summed E-state index contributed by atoms with van der Waals surface area (Å²) in [5.74, 6) is 1.34. The van der Waals surface area contributed by atoms with Gasteiger partial charge >= 0.3 is 0 Å². The van der Waals surface area contributed by atoms with E-state index in [9.17, 15) is 8.42 Å². The van der Waals surface area contributed by atoms with Gasteiger partial charge in [-0.2, -0.15) is 0 Å². The third kappa shape index (κ3) is 5.22. The molecule has 2 atom stereocenters. The maximum atomic E-state index is 11.8. The minimum Gasteiger partial charge on any atom is -0.314 e. The molecule has 124 valence electrons. The highest BCUT2D eigenvalue weighted by Crippen LogP contribution is 2.32. The lowest BCUT2D eigenvalue weighted by Gasteiger charge is -2.35. The van der Waals surface area contributed by atoms with Crippen LogP contribution in [0.3, 0.4) is 0 Å². The third-order valence-electron chi connectivity index (χ3n) is 5.16. The summed E-state index contributed by atoms with van der Waals surface area (Å²) in [6.45, 7) is 4.75. The maximum Gasteiger partial charge on any atom is 0.211 e. The quantitative estimate of drug-likeness (QED) is 0.785. The standard InChI is InChI=1S/C16H32N2O2S/c1-3-10-17-16(15-8-4-5-9-15)12-14-7-6-11-18(13-14)21(2,19)20/h14-17H,3-13H2,1-2H3. The topological polar surface area (TPSA) is 49.4 Å². The van der Waals surface area contributed by atoms with Gasteiger partial charge in [-0.05, 0) is 56.9 Å². The van der Waals surface area contributed by atoms with Crippen LogP contribution in [0.15, 0.2) is 0 Å². The zero-order valence-corrected chi connectivity index (χ0v) is 14.5. The number of hydrogen-bond donors (Lipinski definition) is 1. The van der Waals surface area contributed by atoms with Gasteiger partial charge in [0.1, 0.15) is 0 Å². The van der Waals surface area contributed by atoms with Crippen molar-refractivity contribution in [1.29, 1.82) is 0 Å². The van der Waals surface area contributed by atoms with E-state index in [1.54, 1.807) is 4.31 Å². The summed E-state index contributed by atoms with van der Waals surface area (Å²) in [4.78, 5) is 0. The third-order valence-corrected chi connectivity index (χ3v) is 6.43. The Morgan fingerprint density at radius 1 is 1.19 bits per heavy atom. The highest BCUT2D eigenvalue weighted by molar-refractivity contribution is 7.88. The summed E-state index contributed by atoms with van der Waals surface area (Å²) >= 11 is 0. The number of nitrogens with zero attached hydrogens (tertiary/aromatic N) is 1. The zero-order valence-electron chi connectivity index (χ0n) is 13.7. The van der Waals surface area contributed by atoms with Gasteiger partial charge in [-0.15, -0.1) is 0 Å². The number of nitrogens with one attached hydrogen (secondary N) is 1. The fourth-order valence-corrected chi connectivity index (χ4v) is 4.95. The van der Waals surface area contributed by atoms with Gasteiger partial charge in [-0.3, -0.25) is 0 Å². The van der Waals surface area contributed by atoms with Crippen molar-refractivity contribution in [1.82, 2.24) is 9.62 Å². The van der Waals surface area contributed by atoms with Gasteiger partial charge in [0.05, 0.1) is 6.26 Å². The first-order valence-electron chi connectivity index (χ1n) is 8.69. The minimum absolute atomic E-state index is 0.531. The van der Waals surface area contributed by atoms with Crippen molar-refractivity contribution in [3.8, 4) is 0 Å². The SMILES string of the molecule is CCCNC(CC1CCCN(S(C)(=O)=O)C1)C1CCCC1. The van der Waals surface area contributed by atoms with Gasteiger partial charge in [0.15, 0.2) is 0 Å². The first kappa shape index (κ1) is 17.2. The Morgan fingerprint density at radius 2 is 1.90 bits per heavy atom. The van der Waals surface area contributed by atoms with Crippen molar-refractivity contribution in [3.63, 3.8) is 0 Å². The molecule has 2 rings (SSSR count). The molecule has 1 heterocycles. The average Bonchev–Trinajstić information content (AvgIpc) is 2.97. The first-order chi connectivity index (χ1) is 10.0. The number of hydrogen-bond acceptors (Lipinski definition) is 3. The summed E-state index contributed by atoms with van der Waals surface area (Å²) in [6, 6.07) is 0.594. The highest BCUT2D eigenvalue weighted by atomic mass is 32.2. The fourth-order valence-electron chi connectivity index (χ4n) is 4.01. The molecule has 1 saturated carbocycles. The second kappa shape index (κ2) is 7.93. The van der Waals surface area contributed by atoms with E-state index >= 15 is 0 Å². The van der Waals surface area contributed by atoms with Crippen LogP contribution < -0.4 is 5.32 Å². The molecule has 0 radical (unpaired) electrons. The summed E-state index contributed by atoms with van der Waals surface area (Å²) in [7, 11) is -3.02. The molecule has 4 nitrogen and oxygen atoms in total. The lowest BCUT2D eigenvalue weighted by atomic mass is 9.86. The van der Waals surface area contributed by atoms with E-state index in [0.717, 1.165) is 31.8 Å². The van der Waals surface area contributed by atoms with E-state index in [4.69, 9.17) is 0 Å². The van der Waals surface area contributed by atoms with Gasteiger partial charge in [0.25, 0.3) is 0 Å². The lowest BCUT2D eigenvalue weighted by molar-refractivity contribution is 0.214. The van der Waals surface area contributed by atoms with E-state index in [1.807, 2.05) is 0 Å². The van der Waals surface area contributed by atoms with E-state index in [1.165, 1.54) is 44.8 Å². The van der Waals surface area contributed by atoms with E-state index < -0.39 is 10.0 Å². The van der Waals surface area contributed by atoms with Crippen LogP contribution in [0.25, 0.3) is 0 Å². The van der Waals surface area contributed by atoms with Gasteiger partial charge in [-0.1, -0.05) is 19.8 Å². The molecule has 0 spiro atoms. The zero-order chi connectivity index (χ0) is 15.3. The molecule has 2 aliphatic rings. The Hall–Kier alpha value is -0.130. The molecule has 1 N–H and O–H groups in total. The van der Waals surface area contributed by atoms with Crippen LogP contribution in [-0.2, 0) is 10.0 Å². The Kier molecular flexibility index (Phi) is 6.51. The van der Waals surface area contributed by atoms with Crippen molar-refractivity contribution in [2.24, 2.45) is 11.8 Å². The van der Waals surface area contributed by atoms with Crippen molar-refractivity contribution in [3.05, 3.63) is 0 Å². The molecule has 1 saturated heterocycles. The van der Waals surface area contributed by atoms with Gasteiger partial charge in [-0.25, -0.2) is 12.7 Å². The average molecular weight is 317 g/mol. The van der Waals surface area contributed by atoms with Crippen molar-refractivity contribution in [2.45, 2.75) is 64.3 Å². The van der Waals surface area contributed by atoms with Gasteiger partial charge < -0.3 is 5.32 Å². The van der Waals surface area contributed by atoms with Crippen LogP contribution in [0.2, 0.25) is 0 Å². The molecular weight excluding hydrogens is 284 g/mol. The molecule has 21 heavy (non-hydrogen) atoms. The molecule has 1 aliphatic heterocycles. The second-order valence-corrected chi connectivity index (χ2v) is 8.95. The predicted molar refractivity (Wildman–Crippen MR) is 87.8 cm³/mol. The molecule has 5 heteroatoms. The van der Waals surface area contributed by atoms with Crippen LogP contribution in [0.1, 0.15) is 58.3 Å². The Morgan fingerprint density at radius 3 is 2.52 bits per heavy atom. The predicted octanol–water partition coefficient (Wildman–Crippen LogP) is 2.61. The minimum atomic E-state index is -3.02. The lowest BCUT2D eigenvalue weighted by Crippen LogP contribution is -2.43. The molecule has 0 aromatic heterocycles. The van der Waals surface area contributed by atoms with Crippen molar-refractivity contribution < 1.29 is 8.42 Å². The first-order valence-corrected chi connectivity index (χ1v) is 10.5. The van der Waals surface area contributed by atoms with Crippen molar-refractivity contribution >= 4 is 10.0 Å². The number of rotatable bonds is 7. The molecule has 0 aromatic carbocycles. The van der Waals surface area contributed by atoms with Crippen LogP contribution in [0, 0.1) is 11.8 Å². The Bertz CT molecular complexity index is 405. The van der Waals surface area contributed by atoms with Crippen LogP contribution in [0.5, 0.6) is 0 Å². The summed E-state index contributed by atoms with van der Waals surface area (Å²) in [6.07, 6.45) is 11.3. The summed E-state index contributed by atoms with van der Waals surface area (Å²) in [5, 5.41) is 3.74. The molecule has 0 amide bonds. The van der Waals surface area contributed by atoms with Crippen LogP contribution >= 0.6 is 0 Å². The normalized spacial score (nSPS) is 27.0. The van der Waals surface area contributed by atoms with Gasteiger partial charge in [0, 0.05) is 19.1 Å². The molecule has 2 fully saturated rings. The fraction of sp³-hybridized carbons (Fsp3) is 1.00. The summed E-state index contributed by atoms with van der Waals surface area (Å²) in [5.41, 5.74) is 0. The van der Waals surface area contributed by atoms with E-state index in [0.29, 0.717) is 18.5 Å². The molecule has 1 aliphatic carbocycles. The second-order valence-electron chi connectivity index (χ2n) is 6.97. The molecule has 0 aromatic rings. The number of piperidine rings is 1. The van der Waals surface area contributed by atoms with E-state index in [2.05, 4.69) is 12.2 Å². The number of sulfonamides is 1. The van der Waals surface area contributed by atoms with E-state index in [-0.39, 0.29) is 0 Å². The summed E-state index contributed by atoms with van der Waals surface area (Å²) < 4.78 is 25.2. The maximum absolute atomic E-state index is 11.8. The Balaban J connectivity index is 1.92. The smallest absolute Gasteiger partial charge is 0.211 e. The molecule has 0 bridgehead atoms. The van der Waals surface area contributed by atoms with Gasteiger partial charge in [0.2, 0.25) is 10.0 Å². The Labute approximate surface area is 130 Å². The highest BCUT2D eigenvalue weighted by Gasteiger charge is 2.31. The largest absolute Gasteiger partial charge is 0.314 e. The van der Waals surface area contributed by atoms with Crippen LogP contribution in [0.4, 0.5) is 0 Å².